The zero-order chi connectivity index (χ0) is 45.6. The third-order valence-corrected chi connectivity index (χ3v) is 11.5. The third kappa shape index (κ3) is 42.6. The lowest BCUT2D eigenvalue weighted by molar-refractivity contribution is -0.887. The number of ether oxygens (including phenoxy) is 3. The Hall–Kier alpha value is -2.71. The standard InChI is InChI=1S/C54H97NO7/c1-6-8-10-12-14-16-18-20-22-24-25-26-27-29-30-32-34-36-38-40-42-44-52(56)61-49-50(48-60-47-46-51(54(58)59)55(3,4)5)62-53(57)45-43-41-39-37-35-33-31-28-23-21-19-17-15-13-11-9-7-2/h9,11,15,17,21,23,31,33,50-51H,6-8,10,12-14,16,18-20,22,24-30,32,34-49H2,1-5H3/p+1/b11-9-,17-15-,23-21-,33-31-. The first-order chi connectivity index (χ1) is 30.1. The van der Waals surface area contributed by atoms with Gasteiger partial charge in [0.2, 0.25) is 0 Å². The van der Waals surface area contributed by atoms with E-state index in [0.717, 1.165) is 77.0 Å². The SMILES string of the molecule is CC/C=C\C/C=C\C/C=C\C/C=C\CCCCCCC(=O)OC(COCCC(C(=O)O)[N+](C)(C)C)COC(=O)CCCCCCCCCCCCCCCCCCCCCCC. The first kappa shape index (κ1) is 59.3. The number of carboxylic acids is 1. The molecule has 2 atom stereocenters. The Morgan fingerprint density at radius 3 is 1.34 bits per heavy atom. The van der Waals surface area contributed by atoms with Crippen LogP contribution in [0.4, 0.5) is 0 Å². The molecule has 0 heterocycles. The van der Waals surface area contributed by atoms with Crippen LogP contribution in [0.3, 0.4) is 0 Å². The van der Waals surface area contributed by atoms with E-state index in [9.17, 15) is 19.5 Å². The average molecular weight is 873 g/mol. The molecule has 2 unspecified atom stereocenters. The van der Waals surface area contributed by atoms with Crippen LogP contribution in [0, 0.1) is 0 Å². The van der Waals surface area contributed by atoms with Gasteiger partial charge in [0.15, 0.2) is 12.1 Å². The highest BCUT2D eigenvalue weighted by Crippen LogP contribution is 2.16. The van der Waals surface area contributed by atoms with Crippen LogP contribution in [0.5, 0.6) is 0 Å². The molecule has 1 N–H and O–H groups in total. The van der Waals surface area contributed by atoms with Gasteiger partial charge in [0.25, 0.3) is 0 Å². The zero-order valence-electron chi connectivity index (χ0n) is 41.1. The maximum Gasteiger partial charge on any atom is 0.362 e. The summed E-state index contributed by atoms with van der Waals surface area (Å²) in [6, 6.07) is -0.620. The van der Waals surface area contributed by atoms with E-state index in [1.54, 1.807) is 0 Å². The molecule has 0 fully saturated rings. The lowest BCUT2D eigenvalue weighted by atomic mass is 10.0. The second-order valence-corrected chi connectivity index (χ2v) is 18.4. The predicted octanol–water partition coefficient (Wildman–Crippen LogP) is 14.8. The minimum atomic E-state index is -0.878. The van der Waals surface area contributed by atoms with Gasteiger partial charge in [-0.05, 0) is 51.4 Å². The van der Waals surface area contributed by atoms with E-state index in [1.165, 1.54) is 116 Å². The van der Waals surface area contributed by atoms with Gasteiger partial charge in [0, 0.05) is 19.3 Å². The summed E-state index contributed by atoms with van der Waals surface area (Å²) in [7, 11) is 5.53. The highest BCUT2D eigenvalue weighted by molar-refractivity contribution is 5.72. The molecule has 360 valence electrons. The Kier molecular flexibility index (Phi) is 42.9. The number of carbonyl (C=O) groups is 3. The van der Waals surface area contributed by atoms with Gasteiger partial charge in [-0.2, -0.15) is 0 Å². The number of unbranched alkanes of at least 4 members (excludes halogenated alkanes) is 24. The van der Waals surface area contributed by atoms with Crippen LogP contribution in [0.15, 0.2) is 48.6 Å². The molecule has 0 bridgehead atoms. The topological polar surface area (TPSA) is 99.1 Å². The fraction of sp³-hybridized carbons (Fsp3) is 0.796. The summed E-state index contributed by atoms with van der Waals surface area (Å²) < 4.78 is 17.3. The van der Waals surface area contributed by atoms with Crippen LogP contribution in [-0.2, 0) is 28.6 Å². The number of allylic oxidation sites excluding steroid dienone is 8. The molecule has 8 nitrogen and oxygen atoms in total. The van der Waals surface area contributed by atoms with E-state index in [-0.39, 0.29) is 36.2 Å². The summed E-state index contributed by atoms with van der Waals surface area (Å²) in [6.07, 6.45) is 54.5. The molecule has 62 heavy (non-hydrogen) atoms. The summed E-state index contributed by atoms with van der Waals surface area (Å²) in [5.41, 5.74) is 0. The molecule has 0 rings (SSSR count). The molecule has 0 aliphatic rings. The molecular weight excluding hydrogens is 775 g/mol. The number of quaternary nitrogens is 1. The first-order valence-electron chi connectivity index (χ1n) is 25.7. The van der Waals surface area contributed by atoms with Crippen LogP contribution >= 0.6 is 0 Å². The van der Waals surface area contributed by atoms with Gasteiger partial charge < -0.3 is 23.8 Å². The molecule has 0 amide bonds. The minimum absolute atomic E-state index is 0.0523. The van der Waals surface area contributed by atoms with Crippen LogP contribution in [0.25, 0.3) is 0 Å². The lowest BCUT2D eigenvalue weighted by Gasteiger charge is -2.31. The normalized spacial score (nSPS) is 13.2. The van der Waals surface area contributed by atoms with Crippen molar-refractivity contribution in [2.75, 3.05) is 41.0 Å². The molecule has 0 saturated carbocycles. The molecule has 0 aliphatic heterocycles. The predicted molar refractivity (Wildman–Crippen MR) is 261 cm³/mol. The van der Waals surface area contributed by atoms with E-state index in [0.29, 0.717) is 19.3 Å². The Morgan fingerprint density at radius 2 is 0.903 bits per heavy atom. The average Bonchev–Trinajstić information content (AvgIpc) is 3.23. The zero-order valence-corrected chi connectivity index (χ0v) is 41.1. The van der Waals surface area contributed by atoms with Crippen molar-refractivity contribution >= 4 is 17.9 Å². The summed E-state index contributed by atoms with van der Waals surface area (Å²) in [5, 5.41) is 9.65. The second kappa shape index (κ2) is 44.9. The van der Waals surface area contributed by atoms with Gasteiger partial charge in [-0.25, -0.2) is 4.79 Å². The van der Waals surface area contributed by atoms with Crippen LogP contribution in [0.1, 0.15) is 226 Å². The number of likely N-dealkylation sites (N-methyl/N-ethyl adjacent to an activating group) is 1. The molecule has 0 radical (unpaired) electrons. The number of rotatable bonds is 46. The number of nitrogens with zero attached hydrogens (tertiary/aromatic N) is 1. The van der Waals surface area contributed by atoms with Gasteiger partial charge in [0.1, 0.15) is 6.61 Å². The number of esters is 2. The summed E-state index contributed by atoms with van der Waals surface area (Å²) >= 11 is 0. The number of hydrogen-bond acceptors (Lipinski definition) is 6. The molecule has 0 saturated heterocycles. The summed E-state index contributed by atoms with van der Waals surface area (Å²) in [5.74, 6) is -1.49. The summed E-state index contributed by atoms with van der Waals surface area (Å²) in [4.78, 5) is 37.1. The van der Waals surface area contributed by atoms with Gasteiger partial charge >= 0.3 is 17.9 Å². The highest BCUT2D eigenvalue weighted by Gasteiger charge is 2.31. The van der Waals surface area contributed by atoms with Gasteiger partial charge in [-0.15, -0.1) is 0 Å². The molecule has 0 aromatic carbocycles. The lowest BCUT2D eigenvalue weighted by Crippen LogP contribution is -2.50. The Morgan fingerprint density at radius 1 is 0.500 bits per heavy atom. The number of hydrogen-bond donors (Lipinski definition) is 1. The molecule has 0 aromatic heterocycles. The first-order valence-corrected chi connectivity index (χ1v) is 25.7. The van der Waals surface area contributed by atoms with Crippen molar-refractivity contribution < 1.29 is 38.2 Å². The smallest absolute Gasteiger partial charge is 0.362 e. The highest BCUT2D eigenvalue weighted by atomic mass is 16.6. The second-order valence-electron chi connectivity index (χ2n) is 18.4. The minimum Gasteiger partial charge on any atom is -0.477 e. The molecular formula is C54H98NO7+. The van der Waals surface area contributed by atoms with E-state index >= 15 is 0 Å². The van der Waals surface area contributed by atoms with Crippen molar-refractivity contribution in [1.29, 1.82) is 0 Å². The Bertz CT molecular complexity index is 1150. The van der Waals surface area contributed by atoms with Crippen LogP contribution < -0.4 is 0 Å². The molecule has 0 spiro atoms. The van der Waals surface area contributed by atoms with Gasteiger partial charge in [-0.1, -0.05) is 204 Å². The molecule has 0 aromatic rings. The van der Waals surface area contributed by atoms with E-state index in [1.807, 2.05) is 21.1 Å². The van der Waals surface area contributed by atoms with Gasteiger partial charge in [0.05, 0.1) is 34.4 Å². The largest absolute Gasteiger partial charge is 0.477 e. The van der Waals surface area contributed by atoms with Gasteiger partial charge in [-0.3, -0.25) is 9.59 Å². The molecule has 0 aliphatic carbocycles. The Labute approximate surface area is 382 Å². The fourth-order valence-corrected chi connectivity index (χ4v) is 7.55. The van der Waals surface area contributed by atoms with Crippen molar-refractivity contribution in [3.8, 4) is 0 Å². The van der Waals surface area contributed by atoms with Crippen LogP contribution in [0.2, 0.25) is 0 Å². The number of carboxylic acid groups (broad SMARTS) is 1. The van der Waals surface area contributed by atoms with E-state index in [4.69, 9.17) is 14.2 Å². The van der Waals surface area contributed by atoms with Crippen molar-refractivity contribution in [3.05, 3.63) is 48.6 Å². The fourth-order valence-electron chi connectivity index (χ4n) is 7.55. The quantitative estimate of drug-likeness (QED) is 0.0281. The third-order valence-electron chi connectivity index (χ3n) is 11.5. The van der Waals surface area contributed by atoms with Crippen LogP contribution in [-0.4, -0.2) is 80.6 Å². The van der Waals surface area contributed by atoms with Crippen molar-refractivity contribution in [2.45, 2.75) is 238 Å². The Balaban J connectivity index is 4.24. The van der Waals surface area contributed by atoms with E-state index in [2.05, 4.69) is 62.5 Å². The maximum absolute atomic E-state index is 12.8. The monoisotopic (exact) mass is 873 g/mol. The van der Waals surface area contributed by atoms with Crippen molar-refractivity contribution in [2.24, 2.45) is 0 Å². The van der Waals surface area contributed by atoms with Crippen molar-refractivity contribution in [3.63, 3.8) is 0 Å². The number of carbonyl (C=O) groups excluding carboxylic acids is 2. The maximum atomic E-state index is 12.8. The van der Waals surface area contributed by atoms with E-state index < -0.39 is 18.1 Å². The summed E-state index contributed by atoms with van der Waals surface area (Å²) in [6.45, 7) is 4.63. The van der Waals surface area contributed by atoms with Crippen molar-refractivity contribution in [1.82, 2.24) is 0 Å². The number of aliphatic carboxylic acids is 1. The molecule has 8 heteroatoms.